The third-order valence-corrected chi connectivity index (χ3v) is 3.52. The van der Waals surface area contributed by atoms with Crippen LogP contribution in [0.5, 0.6) is 0 Å². The summed E-state index contributed by atoms with van der Waals surface area (Å²) in [5.74, 6) is -0.0382. The SMILES string of the molecule is COC(=O)c1csc(C2CNC(=O)C2)c1. The van der Waals surface area contributed by atoms with Crippen molar-refractivity contribution < 1.29 is 14.3 Å². The van der Waals surface area contributed by atoms with Crippen LogP contribution in [0, 0.1) is 0 Å². The van der Waals surface area contributed by atoms with Crippen LogP contribution in [0.1, 0.15) is 27.6 Å². The maximum Gasteiger partial charge on any atom is 0.338 e. The third kappa shape index (κ3) is 2.02. The molecule has 1 aromatic rings. The average Bonchev–Trinajstić information content (AvgIpc) is 2.84. The van der Waals surface area contributed by atoms with Gasteiger partial charge in [-0.2, -0.15) is 0 Å². The number of hydrogen-bond donors (Lipinski definition) is 1. The Morgan fingerprint density at radius 3 is 3.07 bits per heavy atom. The van der Waals surface area contributed by atoms with Crippen molar-refractivity contribution in [2.45, 2.75) is 12.3 Å². The van der Waals surface area contributed by atoms with Crippen LogP contribution in [-0.4, -0.2) is 25.5 Å². The summed E-state index contributed by atoms with van der Waals surface area (Å²) in [6, 6.07) is 1.81. The summed E-state index contributed by atoms with van der Waals surface area (Å²) in [4.78, 5) is 23.3. The van der Waals surface area contributed by atoms with Crippen molar-refractivity contribution in [3.8, 4) is 0 Å². The van der Waals surface area contributed by atoms with E-state index in [2.05, 4.69) is 10.1 Å². The highest BCUT2D eigenvalue weighted by atomic mass is 32.1. The van der Waals surface area contributed by atoms with Gasteiger partial charge in [-0.25, -0.2) is 4.79 Å². The van der Waals surface area contributed by atoms with Crippen molar-refractivity contribution in [1.29, 1.82) is 0 Å². The van der Waals surface area contributed by atoms with E-state index in [4.69, 9.17) is 0 Å². The van der Waals surface area contributed by atoms with E-state index in [1.165, 1.54) is 18.4 Å². The summed E-state index contributed by atoms with van der Waals surface area (Å²) < 4.78 is 4.62. The summed E-state index contributed by atoms with van der Waals surface area (Å²) in [5.41, 5.74) is 0.567. The first-order valence-corrected chi connectivity index (χ1v) is 5.52. The number of methoxy groups -OCH3 is 1. The van der Waals surface area contributed by atoms with Crippen LogP contribution in [0.15, 0.2) is 11.4 Å². The van der Waals surface area contributed by atoms with E-state index < -0.39 is 0 Å². The fourth-order valence-electron chi connectivity index (χ4n) is 1.60. The standard InChI is InChI=1S/C10H11NO3S/c1-14-10(13)7-2-8(15-5-7)6-3-9(12)11-4-6/h2,5-6H,3-4H2,1H3,(H,11,12). The Bertz CT molecular complexity index is 399. The molecular formula is C10H11NO3S. The Morgan fingerprint density at radius 1 is 1.67 bits per heavy atom. The van der Waals surface area contributed by atoms with Gasteiger partial charge in [-0.1, -0.05) is 0 Å². The molecule has 2 rings (SSSR count). The normalized spacial score (nSPS) is 20.1. The van der Waals surface area contributed by atoms with Gasteiger partial charge in [0.2, 0.25) is 5.91 Å². The zero-order chi connectivity index (χ0) is 10.8. The minimum atomic E-state index is -0.324. The number of rotatable bonds is 2. The van der Waals surface area contributed by atoms with E-state index >= 15 is 0 Å². The first kappa shape index (κ1) is 10.2. The van der Waals surface area contributed by atoms with Gasteiger partial charge < -0.3 is 10.1 Å². The number of carbonyl (C=O) groups excluding carboxylic acids is 2. The Kier molecular flexibility index (Phi) is 2.73. The van der Waals surface area contributed by atoms with E-state index in [1.807, 2.05) is 0 Å². The van der Waals surface area contributed by atoms with Crippen molar-refractivity contribution >= 4 is 23.2 Å². The van der Waals surface area contributed by atoms with E-state index in [1.54, 1.807) is 11.4 Å². The molecule has 1 aliphatic heterocycles. The minimum Gasteiger partial charge on any atom is -0.465 e. The first-order chi connectivity index (χ1) is 7.20. The third-order valence-electron chi connectivity index (χ3n) is 2.42. The lowest BCUT2D eigenvalue weighted by atomic mass is 10.1. The van der Waals surface area contributed by atoms with Gasteiger partial charge >= 0.3 is 5.97 Å². The molecule has 5 heteroatoms. The predicted molar refractivity (Wildman–Crippen MR) is 56.0 cm³/mol. The molecular weight excluding hydrogens is 214 g/mol. The van der Waals surface area contributed by atoms with Gasteiger partial charge in [-0.15, -0.1) is 11.3 Å². The highest BCUT2D eigenvalue weighted by Gasteiger charge is 2.25. The fourth-order valence-corrected chi connectivity index (χ4v) is 2.58. The quantitative estimate of drug-likeness (QED) is 0.768. The summed E-state index contributed by atoms with van der Waals surface area (Å²) in [7, 11) is 1.36. The molecule has 1 saturated heterocycles. The zero-order valence-electron chi connectivity index (χ0n) is 8.28. The van der Waals surface area contributed by atoms with Gasteiger partial charge in [0.15, 0.2) is 0 Å². The van der Waals surface area contributed by atoms with Gasteiger partial charge in [-0.3, -0.25) is 4.79 Å². The van der Waals surface area contributed by atoms with Crippen molar-refractivity contribution in [3.05, 3.63) is 21.9 Å². The largest absolute Gasteiger partial charge is 0.465 e. The lowest BCUT2D eigenvalue weighted by Crippen LogP contribution is -2.13. The molecule has 1 unspecified atom stereocenters. The maximum absolute atomic E-state index is 11.2. The van der Waals surface area contributed by atoms with Gasteiger partial charge in [0.25, 0.3) is 0 Å². The fraction of sp³-hybridized carbons (Fsp3) is 0.400. The Balaban J connectivity index is 2.13. The number of hydrogen-bond acceptors (Lipinski definition) is 4. The van der Waals surface area contributed by atoms with Crippen molar-refractivity contribution in [3.63, 3.8) is 0 Å². The molecule has 0 aliphatic carbocycles. The smallest absolute Gasteiger partial charge is 0.338 e. The second-order valence-corrected chi connectivity index (χ2v) is 4.38. The highest BCUT2D eigenvalue weighted by Crippen LogP contribution is 2.28. The van der Waals surface area contributed by atoms with E-state index in [9.17, 15) is 9.59 Å². The Morgan fingerprint density at radius 2 is 2.47 bits per heavy atom. The number of esters is 1. The molecule has 1 N–H and O–H groups in total. The summed E-state index contributed by atoms with van der Waals surface area (Å²) in [6.07, 6.45) is 0.515. The van der Waals surface area contributed by atoms with Crippen molar-refractivity contribution in [2.75, 3.05) is 13.7 Å². The molecule has 0 saturated carbocycles. The molecule has 0 spiro atoms. The van der Waals surface area contributed by atoms with E-state index in [0.717, 1.165) is 4.88 Å². The van der Waals surface area contributed by atoms with Crippen LogP contribution in [-0.2, 0) is 9.53 Å². The highest BCUT2D eigenvalue weighted by molar-refractivity contribution is 7.10. The number of carbonyl (C=O) groups is 2. The molecule has 0 aromatic carbocycles. The number of amides is 1. The van der Waals surface area contributed by atoms with Crippen LogP contribution in [0.4, 0.5) is 0 Å². The molecule has 1 aliphatic rings. The average molecular weight is 225 g/mol. The molecule has 1 atom stereocenters. The van der Waals surface area contributed by atoms with E-state index in [-0.39, 0.29) is 17.8 Å². The lowest BCUT2D eigenvalue weighted by molar-refractivity contribution is -0.119. The molecule has 0 bridgehead atoms. The first-order valence-electron chi connectivity index (χ1n) is 4.64. The van der Waals surface area contributed by atoms with Crippen molar-refractivity contribution in [2.24, 2.45) is 0 Å². The second-order valence-electron chi connectivity index (χ2n) is 3.43. The summed E-state index contributed by atoms with van der Waals surface area (Å²) in [5, 5.41) is 4.54. The lowest BCUT2D eigenvalue weighted by Gasteiger charge is -2.01. The van der Waals surface area contributed by atoms with Gasteiger partial charge in [0.1, 0.15) is 0 Å². The predicted octanol–water partition coefficient (Wildman–Crippen LogP) is 1.14. The number of nitrogens with one attached hydrogen (secondary N) is 1. The molecule has 1 aromatic heterocycles. The molecule has 1 amide bonds. The van der Waals surface area contributed by atoms with Crippen LogP contribution in [0.25, 0.3) is 0 Å². The zero-order valence-corrected chi connectivity index (χ0v) is 9.10. The Hall–Kier alpha value is -1.36. The van der Waals surface area contributed by atoms with Crippen LogP contribution < -0.4 is 5.32 Å². The maximum atomic E-state index is 11.2. The van der Waals surface area contributed by atoms with Crippen molar-refractivity contribution in [1.82, 2.24) is 5.32 Å². The molecule has 15 heavy (non-hydrogen) atoms. The van der Waals surface area contributed by atoms with E-state index in [0.29, 0.717) is 18.5 Å². The number of thiophene rings is 1. The second kappa shape index (κ2) is 4.02. The minimum absolute atomic E-state index is 0.0769. The van der Waals surface area contributed by atoms with Gasteiger partial charge in [-0.05, 0) is 6.07 Å². The molecule has 4 nitrogen and oxygen atoms in total. The molecule has 0 radical (unpaired) electrons. The molecule has 1 fully saturated rings. The molecule has 80 valence electrons. The summed E-state index contributed by atoms with van der Waals surface area (Å²) in [6.45, 7) is 0.667. The summed E-state index contributed by atoms with van der Waals surface area (Å²) >= 11 is 1.50. The Labute approximate surface area is 91.2 Å². The monoisotopic (exact) mass is 225 g/mol. The number of ether oxygens (including phenoxy) is 1. The molecule has 2 heterocycles. The van der Waals surface area contributed by atoms with Crippen LogP contribution in [0.3, 0.4) is 0 Å². The topological polar surface area (TPSA) is 55.4 Å². The van der Waals surface area contributed by atoms with Crippen LogP contribution >= 0.6 is 11.3 Å². The van der Waals surface area contributed by atoms with Crippen LogP contribution in [0.2, 0.25) is 0 Å². The van der Waals surface area contributed by atoms with Gasteiger partial charge in [0, 0.05) is 29.1 Å². The van der Waals surface area contributed by atoms with Gasteiger partial charge in [0.05, 0.1) is 12.7 Å².